The second-order valence-corrected chi connectivity index (χ2v) is 4.59. The summed E-state index contributed by atoms with van der Waals surface area (Å²) in [6, 6.07) is 10.1. The Balaban J connectivity index is 2.26. The number of rotatable bonds is 4. The van der Waals surface area contributed by atoms with Crippen molar-refractivity contribution in [1.82, 2.24) is 4.98 Å². The van der Waals surface area contributed by atoms with Crippen LogP contribution in [0.4, 0.5) is 0 Å². The molecule has 1 N–H and O–H groups in total. The second-order valence-electron chi connectivity index (χ2n) is 3.73. The first-order chi connectivity index (χ1) is 7.85. The summed E-state index contributed by atoms with van der Waals surface area (Å²) in [5, 5.41) is 12.3. The van der Waals surface area contributed by atoms with Gasteiger partial charge in [0.2, 0.25) is 0 Å². The smallest absolute Gasteiger partial charge is 0.123 e. The Morgan fingerprint density at radius 3 is 2.69 bits per heavy atom. The highest BCUT2D eigenvalue weighted by Crippen LogP contribution is 2.27. The number of aromatic nitrogens is 1. The molecule has 2 nitrogen and oxygen atoms in total. The predicted octanol–water partition coefficient (Wildman–Crippen LogP) is 3.30. The molecule has 0 amide bonds. The van der Waals surface area contributed by atoms with E-state index >= 15 is 0 Å². The third kappa shape index (κ3) is 2.31. The molecule has 0 aliphatic rings. The highest BCUT2D eigenvalue weighted by Gasteiger charge is 2.12. The van der Waals surface area contributed by atoms with E-state index in [0.29, 0.717) is 0 Å². The average Bonchev–Trinajstić information content (AvgIpc) is 2.81. The van der Waals surface area contributed by atoms with Gasteiger partial charge in [-0.2, -0.15) is 0 Å². The van der Waals surface area contributed by atoms with Gasteiger partial charge in [0, 0.05) is 16.9 Å². The Kier molecular flexibility index (Phi) is 3.70. The monoisotopic (exact) mass is 233 g/mol. The van der Waals surface area contributed by atoms with Crippen molar-refractivity contribution in [3.8, 4) is 10.6 Å². The zero-order chi connectivity index (χ0) is 11.4. The minimum Gasteiger partial charge on any atom is -0.396 e. The first-order valence-electron chi connectivity index (χ1n) is 5.46. The second kappa shape index (κ2) is 5.23. The SMILES string of the molecule is CCC(CO)c1csc(-c2ccccc2)n1. The van der Waals surface area contributed by atoms with Gasteiger partial charge in [0.15, 0.2) is 0 Å². The van der Waals surface area contributed by atoms with Gasteiger partial charge >= 0.3 is 0 Å². The average molecular weight is 233 g/mol. The molecule has 2 rings (SSSR count). The van der Waals surface area contributed by atoms with Crippen LogP contribution in [-0.2, 0) is 0 Å². The maximum absolute atomic E-state index is 9.22. The Bertz CT molecular complexity index is 434. The van der Waals surface area contributed by atoms with E-state index in [1.807, 2.05) is 23.6 Å². The lowest BCUT2D eigenvalue weighted by molar-refractivity contribution is 0.260. The molecule has 16 heavy (non-hydrogen) atoms. The fraction of sp³-hybridized carbons (Fsp3) is 0.308. The van der Waals surface area contributed by atoms with E-state index in [1.165, 1.54) is 0 Å². The van der Waals surface area contributed by atoms with E-state index in [-0.39, 0.29) is 12.5 Å². The van der Waals surface area contributed by atoms with E-state index in [1.54, 1.807) is 11.3 Å². The molecule has 0 bridgehead atoms. The van der Waals surface area contributed by atoms with Crippen molar-refractivity contribution in [2.45, 2.75) is 19.3 Å². The van der Waals surface area contributed by atoms with Crippen LogP contribution in [0.2, 0.25) is 0 Å². The summed E-state index contributed by atoms with van der Waals surface area (Å²) in [4.78, 5) is 4.58. The summed E-state index contributed by atoms with van der Waals surface area (Å²) in [7, 11) is 0. The van der Waals surface area contributed by atoms with Gasteiger partial charge in [-0.25, -0.2) is 4.98 Å². The van der Waals surface area contributed by atoms with Gasteiger partial charge in [0.25, 0.3) is 0 Å². The van der Waals surface area contributed by atoms with Crippen molar-refractivity contribution < 1.29 is 5.11 Å². The number of aliphatic hydroxyl groups is 1. The highest BCUT2D eigenvalue weighted by atomic mass is 32.1. The molecule has 0 aliphatic carbocycles. The van der Waals surface area contributed by atoms with Gasteiger partial charge in [0.1, 0.15) is 5.01 Å². The van der Waals surface area contributed by atoms with Crippen molar-refractivity contribution in [3.05, 3.63) is 41.4 Å². The summed E-state index contributed by atoms with van der Waals surface area (Å²) < 4.78 is 0. The summed E-state index contributed by atoms with van der Waals surface area (Å²) in [5.41, 5.74) is 2.15. The lowest BCUT2D eigenvalue weighted by atomic mass is 10.1. The molecule has 1 aromatic heterocycles. The van der Waals surface area contributed by atoms with E-state index < -0.39 is 0 Å². The minimum atomic E-state index is 0.175. The zero-order valence-corrected chi connectivity index (χ0v) is 10.1. The number of hydrogen-bond acceptors (Lipinski definition) is 3. The van der Waals surface area contributed by atoms with E-state index in [2.05, 4.69) is 24.0 Å². The minimum absolute atomic E-state index is 0.175. The first kappa shape index (κ1) is 11.3. The standard InChI is InChI=1S/C13H15NOS/c1-2-10(8-15)12-9-16-13(14-12)11-6-4-3-5-7-11/h3-7,9-10,15H,2,8H2,1H3. The van der Waals surface area contributed by atoms with Crippen molar-refractivity contribution in [1.29, 1.82) is 0 Å². The van der Waals surface area contributed by atoms with Crippen molar-refractivity contribution in [2.75, 3.05) is 6.61 Å². The molecular weight excluding hydrogens is 218 g/mol. The molecule has 0 aliphatic heterocycles. The van der Waals surface area contributed by atoms with Crippen LogP contribution in [0.5, 0.6) is 0 Å². The first-order valence-corrected chi connectivity index (χ1v) is 6.34. The quantitative estimate of drug-likeness (QED) is 0.879. The molecule has 0 radical (unpaired) electrons. The lowest BCUT2D eigenvalue weighted by Crippen LogP contribution is -2.02. The molecular formula is C13H15NOS. The summed E-state index contributed by atoms with van der Waals surface area (Å²) in [6.45, 7) is 2.25. The van der Waals surface area contributed by atoms with Gasteiger partial charge in [-0.15, -0.1) is 11.3 Å². The number of hydrogen-bond donors (Lipinski definition) is 1. The normalized spacial score (nSPS) is 12.6. The highest BCUT2D eigenvalue weighted by molar-refractivity contribution is 7.13. The topological polar surface area (TPSA) is 33.1 Å². The number of nitrogens with zero attached hydrogens (tertiary/aromatic N) is 1. The van der Waals surface area contributed by atoms with Crippen LogP contribution in [0.25, 0.3) is 10.6 Å². The molecule has 1 unspecified atom stereocenters. The van der Waals surface area contributed by atoms with E-state index in [0.717, 1.165) is 22.7 Å². The number of benzene rings is 1. The maximum atomic E-state index is 9.22. The fourth-order valence-electron chi connectivity index (χ4n) is 1.62. The fourth-order valence-corrected chi connectivity index (χ4v) is 2.53. The predicted molar refractivity (Wildman–Crippen MR) is 67.7 cm³/mol. The van der Waals surface area contributed by atoms with Crippen LogP contribution in [0.15, 0.2) is 35.7 Å². The van der Waals surface area contributed by atoms with Crippen LogP contribution >= 0.6 is 11.3 Å². The molecule has 0 saturated carbocycles. The molecule has 1 atom stereocenters. The van der Waals surface area contributed by atoms with Crippen molar-refractivity contribution >= 4 is 11.3 Å². The van der Waals surface area contributed by atoms with Crippen molar-refractivity contribution in [3.63, 3.8) is 0 Å². The van der Waals surface area contributed by atoms with Crippen LogP contribution in [-0.4, -0.2) is 16.7 Å². The van der Waals surface area contributed by atoms with Gasteiger partial charge < -0.3 is 5.11 Å². The van der Waals surface area contributed by atoms with Gasteiger partial charge in [0.05, 0.1) is 12.3 Å². The largest absolute Gasteiger partial charge is 0.396 e. The Labute approximate surface area is 99.6 Å². The van der Waals surface area contributed by atoms with Gasteiger partial charge in [-0.1, -0.05) is 37.3 Å². The molecule has 0 fully saturated rings. The van der Waals surface area contributed by atoms with Crippen LogP contribution < -0.4 is 0 Å². The molecule has 1 heterocycles. The molecule has 3 heteroatoms. The summed E-state index contributed by atoms with van der Waals surface area (Å²) in [5.74, 6) is 0.175. The Hall–Kier alpha value is -1.19. The van der Waals surface area contributed by atoms with Gasteiger partial charge in [-0.3, -0.25) is 0 Å². The molecule has 1 aromatic carbocycles. The van der Waals surface area contributed by atoms with Crippen molar-refractivity contribution in [2.24, 2.45) is 0 Å². The number of thiazole rings is 1. The third-order valence-electron chi connectivity index (χ3n) is 2.67. The molecule has 2 aromatic rings. The summed E-state index contributed by atoms with van der Waals surface area (Å²) >= 11 is 1.64. The van der Waals surface area contributed by atoms with Crippen LogP contribution in [0.1, 0.15) is 25.0 Å². The Morgan fingerprint density at radius 1 is 1.31 bits per heavy atom. The molecule has 0 spiro atoms. The maximum Gasteiger partial charge on any atom is 0.123 e. The number of aliphatic hydroxyl groups excluding tert-OH is 1. The Morgan fingerprint density at radius 2 is 2.06 bits per heavy atom. The molecule has 84 valence electrons. The molecule has 0 saturated heterocycles. The lowest BCUT2D eigenvalue weighted by Gasteiger charge is -2.06. The van der Waals surface area contributed by atoms with E-state index in [4.69, 9.17) is 0 Å². The zero-order valence-electron chi connectivity index (χ0n) is 9.26. The van der Waals surface area contributed by atoms with Crippen LogP contribution in [0, 0.1) is 0 Å². The third-order valence-corrected chi connectivity index (χ3v) is 3.58. The van der Waals surface area contributed by atoms with Gasteiger partial charge in [-0.05, 0) is 6.42 Å². The van der Waals surface area contributed by atoms with Crippen LogP contribution in [0.3, 0.4) is 0 Å². The van der Waals surface area contributed by atoms with E-state index in [9.17, 15) is 5.11 Å². The summed E-state index contributed by atoms with van der Waals surface area (Å²) in [6.07, 6.45) is 0.925.